The van der Waals surface area contributed by atoms with E-state index in [1.807, 2.05) is 0 Å². The van der Waals surface area contributed by atoms with Gasteiger partial charge >= 0.3 is 5.97 Å². The van der Waals surface area contributed by atoms with Crippen LogP contribution in [0.4, 0.5) is 0 Å². The minimum absolute atomic E-state index is 0.0245. The standard InChI is InChI=1S/C12H14N4O4S/c1-20-12(17)11(5-9-6-14-8-15-9)16-21(18,19)10-3-2-4-13-7-10/h2-4,6-8,11,16H,5H2,1H3,(H,14,15)/t11-/m0/s1. The summed E-state index contributed by atoms with van der Waals surface area (Å²) in [7, 11) is -2.67. The molecule has 2 aromatic rings. The Morgan fingerprint density at radius 1 is 1.43 bits per heavy atom. The first kappa shape index (κ1) is 15.1. The van der Waals surface area contributed by atoms with Crippen molar-refractivity contribution in [3.63, 3.8) is 0 Å². The van der Waals surface area contributed by atoms with Crippen molar-refractivity contribution in [1.82, 2.24) is 19.7 Å². The third-order valence-corrected chi connectivity index (χ3v) is 4.16. The largest absolute Gasteiger partial charge is 0.468 e. The molecule has 2 N–H and O–H groups in total. The van der Waals surface area contributed by atoms with Crippen molar-refractivity contribution in [2.24, 2.45) is 0 Å². The van der Waals surface area contributed by atoms with E-state index in [-0.39, 0.29) is 11.3 Å². The fourth-order valence-electron chi connectivity index (χ4n) is 1.69. The molecule has 0 fully saturated rings. The highest BCUT2D eigenvalue weighted by molar-refractivity contribution is 7.89. The van der Waals surface area contributed by atoms with E-state index in [0.29, 0.717) is 5.69 Å². The van der Waals surface area contributed by atoms with Crippen molar-refractivity contribution in [2.45, 2.75) is 17.4 Å². The number of hydrogen-bond acceptors (Lipinski definition) is 6. The van der Waals surface area contributed by atoms with Gasteiger partial charge in [-0.3, -0.25) is 9.78 Å². The summed E-state index contributed by atoms with van der Waals surface area (Å²) in [6, 6.07) is 1.83. The molecule has 8 nitrogen and oxygen atoms in total. The summed E-state index contributed by atoms with van der Waals surface area (Å²) in [5.74, 6) is -0.683. The van der Waals surface area contributed by atoms with Crippen LogP contribution in [0, 0.1) is 0 Å². The van der Waals surface area contributed by atoms with Gasteiger partial charge in [0.1, 0.15) is 10.9 Å². The number of aromatic nitrogens is 3. The minimum Gasteiger partial charge on any atom is -0.468 e. The Bertz CT molecular complexity index is 685. The van der Waals surface area contributed by atoms with Crippen molar-refractivity contribution in [3.8, 4) is 0 Å². The Labute approximate surface area is 121 Å². The summed E-state index contributed by atoms with van der Waals surface area (Å²) < 4.78 is 31.3. The molecule has 112 valence electrons. The molecule has 0 unspecified atom stereocenters. The Kier molecular flexibility index (Phi) is 4.66. The van der Waals surface area contributed by atoms with Gasteiger partial charge in [0.05, 0.1) is 13.4 Å². The van der Waals surface area contributed by atoms with E-state index in [0.717, 1.165) is 0 Å². The predicted octanol–water partition coefficient (Wildman–Crippen LogP) is -0.133. The molecule has 0 aliphatic heterocycles. The second-order valence-corrected chi connectivity index (χ2v) is 5.88. The second-order valence-electron chi connectivity index (χ2n) is 4.17. The van der Waals surface area contributed by atoms with E-state index in [4.69, 9.17) is 0 Å². The van der Waals surface area contributed by atoms with Gasteiger partial charge in [0.2, 0.25) is 10.0 Å². The van der Waals surface area contributed by atoms with E-state index in [9.17, 15) is 13.2 Å². The summed E-state index contributed by atoms with van der Waals surface area (Å²) in [5.41, 5.74) is 0.610. The molecule has 2 aromatic heterocycles. The maximum atomic E-state index is 12.2. The molecular weight excluding hydrogens is 296 g/mol. The zero-order valence-corrected chi connectivity index (χ0v) is 12.0. The van der Waals surface area contributed by atoms with Crippen LogP contribution in [0.3, 0.4) is 0 Å². The minimum atomic E-state index is -3.87. The molecule has 0 saturated carbocycles. The van der Waals surface area contributed by atoms with Crippen LogP contribution in [-0.4, -0.2) is 42.5 Å². The highest BCUT2D eigenvalue weighted by Gasteiger charge is 2.27. The molecule has 0 radical (unpaired) electrons. The molecule has 0 aliphatic rings. The number of carbonyl (C=O) groups is 1. The number of pyridine rings is 1. The number of methoxy groups -OCH3 is 1. The number of carbonyl (C=O) groups excluding carboxylic acids is 1. The molecule has 0 amide bonds. The summed E-state index contributed by atoms with van der Waals surface area (Å²) in [5, 5.41) is 0. The van der Waals surface area contributed by atoms with Crippen LogP contribution in [0.25, 0.3) is 0 Å². The Balaban J connectivity index is 2.20. The summed E-state index contributed by atoms with van der Waals surface area (Å²) in [6.45, 7) is 0. The van der Waals surface area contributed by atoms with Crippen molar-refractivity contribution in [3.05, 3.63) is 42.7 Å². The molecule has 21 heavy (non-hydrogen) atoms. The van der Waals surface area contributed by atoms with Gasteiger partial charge in [0.15, 0.2) is 0 Å². The summed E-state index contributed by atoms with van der Waals surface area (Å²) >= 11 is 0. The number of sulfonamides is 1. The van der Waals surface area contributed by atoms with Crippen molar-refractivity contribution in [2.75, 3.05) is 7.11 Å². The van der Waals surface area contributed by atoms with Gasteiger partial charge in [-0.2, -0.15) is 4.72 Å². The van der Waals surface area contributed by atoms with Crippen molar-refractivity contribution in [1.29, 1.82) is 0 Å². The van der Waals surface area contributed by atoms with Crippen LogP contribution in [0.5, 0.6) is 0 Å². The number of hydrogen-bond donors (Lipinski definition) is 2. The smallest absolute Gasteiger partial charge is 0.324 e. The lowest BCUT2D eigenvalue weighted by Gasteiger charge is -2.15. The first-order chi connectivity index (χ1) is 10.0. The first-order valence-corrected chi connectivity index (χ1v) is 7.48. The van der Waals surface area contributed by atoms with Gasteiger partial charge in [-0.25, -0.2) is 13.4 Å². The number of rotatable bonds is 6. The first-order valence-electron chi connectivity index (χ1n) is 6.00. The van der Waals surface area contributed by atoms with Crippen LogP contribution in [-0.2, 0) is 26.0 Å². The number of ether oxygens (including phenoxy) is 1. The average Bonchev–Trinajstić information content (AvgIpc) is 2.99. The normalized spacial score (nSPS) is 12.8. The molecular formula is C12H14N4O4S. The molecule has 2 rings (SSSR count). The Morgan fingerprint density at radius 3 is 2.81 bits per heavy atom. The van der Waals surface area contributed by atoms with Crippen molar-refractivity contribution < 1.29 is 17.9 Å². The van der Waals surface area contributed by atoms with E-state index in [1.165, 1.54) is 44.2 Å². The predicted molar refractivity (Wildman–Crippen MR) is 72.7 cm³/mol. The number of nitrogens with one attached hydrogen (secondary N) is 2. The number of esters is 1. The van der Waals surface area contributed by atoms with Crippen molar-refractivity contribution >= 4 is 16.0 Å². The van der Waals surface area contributed by atoms with E-state index in [1.54, 1.807) is 0 Å². The van der Waals surface area contributed by atoms with Crippen LogP contribution >= 0.6 is 0 Å². The molecule has 0 spiro atoms. The van der Waals surface area contributed by atoms with E-state index in [2.05, 4.69) is 24.4 Å². The lowest BCUT2D eigenvalue weighted by Crippen LogP contribution is -2.43. The number of nitrogens with zero attached hydrogens (tertiary/aromatic N) is 2. The van der Waals surface area contributed by atoms with Gasteiger partial charge in [-0.1, -0.05) is 0 Å². The van der Waals surface area contributed by atoms with Crippen LogP contribution in [0.2, 0.25) is 0 Å². The van der Waals surface area contributed by atoms with Gasteiger partial charge < -0.3 is 9.72 Å². The lowest BCUT2D eigenvalue weighted by molar-refractivity contribution is -0.142. The highest BCUT2D eigenvalue weighted by Crippen LogP contribution is 2.09. The van der Waals surface area contributed by atoms with Crippen LogP contribution < -0.4 is 4.72 Å². The van der Waals surface area contributed by atoms with E-state index < -0.39 is 22.0 Å². The Hall–Kier alpha value is -2.26. The topological polar surface area (TPSA) is 114 Å². The number of aromatic amines is 1. The van der Waals surface area contributed by atoms with Gasteiger partial charge in [-0.05, 0) is 12.1 Å². The maximum absolute atomic E-state index is 12.2. The highest BCUT2D eigenvalue weighted by atomic mass is 32.2. The van der Waals surface area contributed by atoms with Crippen LogP contribution in [0.1, 0.15) is 5.69 Å². The molecule has 0 bridgehead atoms. The molecule has 2 heterocycles. The number of imidazole rings is 1. The molecule has 0 aromatic carbocycles. The second kappa shape index (κ2) is 6.46. The summed E-state index contributed by atoms with van der Waals surface area (Å²) in [6.07, 6.45) is 5.72. The summed E-state index contributed by atoms with van der Waals surface area (Å²) in [4.78, 5) is 22.1. The molecule has 0 aliphatic carbocycles. The SMILES string of the molecule is COC(=O)[C@H](Cc1cnc[nH]1)NS(=O)(=O)c1cccnc1. The van der Waals surface area contributed by atoms with Gasteiger partial charge in [0, 0.05) is 30.7 Å². The third kappa shape index (κ3) is 3.86. The van der Waals surface area contributed by atoms with Gasteiger partial charge in [0.25, 0.3) is 0 Å². The molecule has 0 saturated heterocycles. The average molecular weight is 310 g/mol. The van der Waals surface area contributed by atoms with E-state index >= 15 is 0 Å². The molecule has 1 atom stereocenters. The zero-order chi connectivity index (χ0) is 15.3. The monoisotopic (exact) mass is 310 g/mol. The maximum Gasteiger partial charge on any atom is 0.324 e. The fourth-order valence-corrected chi connectivity index (χ4v) is 2.84. The molecule has 9 heteroatoms. The quantitative estimate of drug-likeness (QED) is 0.718. The Morgan fingerprint density at radius 2 is 2.24 bits per heavy atom. The number of H-pyrrole nitrogens is 1. The fraction of sp³-hybridized carbons (Fsp3) is 0.250. The third-order valence-electron chi connectivity index (χ3n) is 2.71. The van der Waals surface area contributed by atoms with Gasteiger partial charge in [-0.15, -0.1) is 0 Å². The lowest BCUT2D eigenvalue weighted by atomic mass is 10.2. The zero-order valence-electron chi connectivity index (χ0n) is 11.2. The van der Waals surface area contributed by atoms with Crippen LogP contribution in [0.15, 0.2) is 41.9 Å².